The van der Waals surface area contributed by atoms with Gasteiger partial charge in [0.05, 0.1) is 12.6 Å². The van der Waals surface area contributed by atoms with Gasteiger partial charge in [-0.05, 0) is 44.4 Å². The van der Waals surface area contributed by atoms with E-state index in [1.807, 2.05) is 0 Å². The summed E-state index contributed by atoms with van der Waals surface area (Å²) in [5, 5.41) is 3.52. The zero-order chi connectivity index (χ0) is 13.1. The normalized spacial score (nSPS) is 22.9. The third-order valence-electron chi connectivity index (χ3n) is 4.68. The van der Waals surface area contributed by atoms with Gasteiger partial charge in [0.1, 0.15) is 5.76 Å². The number of rotatable bonds is 4. The lowest BCUT2D eigenvalue weighted by molar-refractivity contribution is 0.108. The fourth-order valence-electron chi connectivity index (χ4n) is 3.54. The number of allylic oxidation sites excluding steroid dienone is 1. The molecule has 0 radical (unpaired) electrons. The minimum atomic E-state index is 0.235. The van der Waals surface area contributed by atoms with Crippen LogP contribution in [0.25, 0.3) is 0 Å². The van der Waals surface area contributed by atoms with Crippen LogP contribution in [-0.4, -0.2) is 19.7 Å². The van der Waals surface area contributed by atoms with Crippen molar-refractivity contribution in [2.75, 3.05) is 13.7 Å². The van der Waals surface area contributed by atoms with Crippen LogP contribution in [0.1, 0.15) is 37.7 Å². The molecule has 1 N–H and O–H groups in total. The van der Waals surface area contributed by atoms with Gasteiger partial charge in [-0.2, -0.15) is 0 Å². The van der Waals surface area contributed by atoms with Crippen LogP contribution in [0.3, 0.4) is 0 Å². The second kappa shape index (κ2) is 5.38. The van der Waals surface area contributed by atoms with Gasteiger partial charge in [-0.15, -0.1) is 0 Å². The van der Waals surface area contributed by atoms with Crippen molar-refractivity contribution in [3.63, 3.8) is 0 Å². The molecule has 1 unspecified atom stereocenters. The first-order valence-corrected chi connectivity index (χ1v) is 7.42. The summed E-state index contributed by atoms with van der Waals surface area (Å²) in [6, 6.07) is 11.3. The van der Waals surface area contributed by atoms with E-state index in [1.54, 1.807) is 0 Å². The maximum atomic E-state index is 5.93. The van der Waals surface area contributed by atoms with Crippen molar-refractivity contribution in [3.8, 4) is 0 Å². The topological polar surface area (TPSA) is 21.3 Å². The monoisotopic (exact) mass is 257 g/mol. The van der Waals surface area contributed by atoms with Crippen LogP contribution in [0.5, 0.6) is 0 Å². The highest BCUT2D eigenvalue weighted by Gasteiger charge is 2.47. The Hall–Kier alpha value is -1.28. The van der Waals surface area contributed by atoms with Crippen molar-refractivity contribution >= 4 is 0 Å². The Labute approximate surface area is 115 Å². The zero-order valence-electron chi connectivity index (χ0n) is 11.7. The second-order valence-corrected chi connectivity index (χ2v) is 5.69. The number of nitrogens with one attached hydrogen (secondary N) is 1. The fraction of sp³-hybridized carbons (Fsp3) is 0.529. The maximum Gasteiger partial charge on any atom is 0.110 e. The molecule has 102 valence electrons. The highest BCUT2D eigenvalue weighted by molar-refractivity contribution is 5.34. The van der Waals surface area contributed by atoms with Crippen LogP contribution >= 0.6 is 0 Å². The summed E-state index contributed by atoms with van der Waals surface area (Å²) >= 11 is 0. The summed E-state index contributed by atoms with van der Waals surface area (Å²) < 4.78 is 5.93. The number of hydrogen-bond donors (Lipinski definition) is 1. The van der Waals surface area contributed by atoms with Gasteiger partial charge in [-0.3, -0.25) is 0 Å². The lowest BCUT2D eigenvalue weighted by Crippen LogP contribution is -2.53. The van der Waals surface area contributed by atoms with E-state index >= 15 is 0 Å². The third kappa shape index (κ3) is 2.18. The Kier molecular flexibility index (Phi) is 3.61. The van der Waals surface area contributed by atoms with E-state index in [0.29, 0.717) is 6.04 Å². The average molecular weight is 257 g/mol. The van der Waals surface area contributed by atoms with E-state index in [1.165, 1.54) is 24.8 Å². The predicted molar refractivity (Wildman–Crippen MR) is 78.1 cm³/mol. The molecule has 1 atom stereocenters. The first kappa shape index (κ1) is 12.7. The van der Waals surface area contributed by atoms with Crippen molar-refractivity contribution < 1.29 is 4.74 Å². The lowest BCUT2D eigenvalue weighted by Gasteiger charge is -2.49. The number of ether oxygens (including phenoxy) is 1. The Morgan fingerprint density at radius 2 is 1.95 bits per heavy atom. The summed E-state index contributed by atoms with van der Waals surface area (Å²) in [4.78, 5) is 0. The molecule has 1 fully saturated rings. The smallest absolute Gasteiger partial charge is 0.110 e. The first-order valence-electron chi connectivity index (χ1n) is 7.42. The van der Waals surface area contributed by atoms with Crippen molar-refractivity contribution in [1.29, 1.82) is 0 Å². The van der Waals surface area contributed by atoms with Gasteiger partial charge in [0.25, 0.3) is 0 Å². The van der Waals surface area contributed by atoms with E-state index in [0.717, 1.165) is 25.2 Å². The van der Waals surface area contributed by atoms with E-state index in [2.05, 4.69) is 48.8 Å². The Morgan fingerprint density at radius 1 is 1.16 bits per heavy atom. The third-order valence-corrected chi connectivity index (χ3v) is 4.68. The molecule has 1 saturated carbocycles. The highest BCUT2D eigenvalue weighted by Crippen LogP contribution is 2.48. The van der Waals surface area contributed by atoms with Gasteiger partial charge in [0.2, 0.25) is 0 Å². The first-order chi connectivity index (χ1) is 9.37. The molecule has 0 spiro atoms. The Morgan fingerprint density at radius 3 is 2.47 bits per heavy atom. The van der Waals surface area contributed by atoms with Gasteiger partial charge >= 0.3 is 0 Å². The van der Waals surface area contributed by atoms with Crippen LogP contribution in [0.2, 0.25) is 0 Å². The van der Waals surface area contributed by atoms with Crippen molar-refractivity contribution in [2.24, 2.45) is 0 Å². The van der Waals surface area contributed by atoms with Crippen molar-refractivity contribution in [3.05, 3.63) is 47.7 Å². The molecule has 3 rings (SSSR count). The van der Waals surface area contributed by atoms with E-state index in [9.17, 15) is 0 Å². The quantitative estimate of drug-likeness (QED) is 0.892. The van der Waals surface area contributed by atoms with Gasteiger partial charge in [-0.1, -0.05) is 36.8 Å². The summed E-state index contributed by atoms with van der Waals surface area (Å²) in [5.74, 6) is 1.16. The lowest BCUT2D eigenvalue weighted by atomic mass is 9.59. The Bertz CT molecular complexity index is 448. The average Bonchev–Trinajstić information content (AvgIpc) is 2.44. The number of benzene rings is 1. The predicted octanol–water partition coefficient (Wildman–Crippen LogP) is 3.39. The molecule has 1 aromatic carbocycles. The van der Waals surface area contributed by atoms with E-state index < -0.39 is 0 Å². The van der Waals surface area contributed by atoms with Crippen LogP contribution in [-0.2, 0) is 10.2 Å². The molecule has 1 heterocycles. The zero-order valence-corrected chi connectivity index (χ0v) is 11.7. The molecular formula is C17H23NO. The minimum absolute atomic E-state index is 0.235. The summed E-state index contributed by atoms with van der Waals surface area (Å²) in [7, 11) is 2.06. The molecule has 1 aromatic rings. The SMILES string of the molecule is CNC(C1=CCCCO1)C1(c2ccccc2)CCC1. The summed E-state index contributed by atoms with van der Waals surface area (Å²) in [5.41, 5.74) is 1.69. The summed E-state index contributed by atoms with van der Waals surface area (Å²) in [6.07, 6.45) is 8.41. The molecule has 1 aliphatic carbocycles. The van der Waals surface area contributed by atoms with Gasteiger partial charge in [-0.25, -0.2) is 0 Å². The summed E-state index contributed by atoms with van der Waals surface area (Å²) in [6.45, 7) is 0.870. The van der Waals surface area contributed by atoms with Crippen molar-refractivity contribution in [1.82, 2.24) is 5.32 Å². The van der Waals surface area contributed by atoms with Gasteiger partial charge in [0, 0.05) is 5.41 Å². The van der Waals surface area contributed by atoms with Crippen LogP contribution < -0.4 is 5.32 Å². The molecule has 0 saturated heterocycles. The van der Waals surface area contributed by atoms with E-state index in [4.69, 9.17) is 4.74 Å². The van der Waals surface area contributed by atoms with Crippen LogP contribution in [0.4, 0.5) is 0 Å². The molecule has 0 amide bonds. The molecule has 2 heteroatoms. The fourth-order valence-corrected chi connectivity index (χ4v) is 3.54. The maximum absolute atomic E-state index is 5.93. The van der Waals surface area contributed by atoms with Gasteiger partial charge < -0.3 is 10.1 Å². The molecular weight excluding hydrogens is 234 g/mol. The number of likely N-dealkylation sites (N-methyl/N-ethyl adjacent to an activating group) is 1. The molecule has 2 aliphatic rings. The molecule has 0 bridgehead atoms. The molecule has 0 aromatic heterocycles. The van der Waals surface area contributed by atoms with Crippen LogP contribution in [0, 0.1) is 0 Å². The van der Waals surface area contributed by atoms with E-state index in [-0.39, 0.29) is 5.41 Å². The van der Waals surface area contributed by atoms with Crippen LogP contribution in [0.15, 0.2) is 42.2 Å². The van der Waals surface area contributed by atoms with Gasteiger partial charge in [0.15, 0.2) is 0 Å². The molecule has 19 heavy (non-hydrogen) atoms. The number of hydrogen-bond acceptors (Lipinski definition) is 2. The standard InChI is InChI=1S/C17H23NO/c1-18-16(15-10-5-6-13-19-15)17(11-7-12-17)14-8-3-2-4-9-14/h2-4,8-10,16,18H,5-7,11-13H2,1H3. The molecule has 2 nitrogen and oxygen atoms in total. The second-order valence-electron chi connectivity index (χ2n) is 5.69. The highest BCUT2D eigenvalue weighted by atomic mass is 16.5. The minimum Gasteiger partial charge on any atom is -0.497 e. The Balaban J connectivity index is 1.93. The largest absolute Gasteiger partial charge is 0.497 e. The van der Waals surface area contributed by atoms with Crippen molar-refractivity contribution in [2.45, 2.75) is 43.6 Å². The molecule has 1 aliphatic heterocycles.